The van der Waals surface area contributed by atoms with Gasteiger partial charge in [0.15, 0.2) is 0 Å². The summed E-state index contributed by atoms with van der Waals surface area (Å²) in [5.41, 5.74) is 5.23. The Bertz CT molecular complexity index is 1090. The molecule has 0 spiro atoms. The first-order valence-electron chi connectivity index (χ1n) is 10.0. The maximum Gasteiger partial charge on any atom is 0.416 e. The Hall–Kier alpha value is -2.81. The van der Waals surface area contributed by atoms with Crippen LogP contribution in [0.4, 0.5) is 22.0 Å². The maximum absolute atomic E-state index is 13.7. The van der Waals surface area contributed by atoms with Gasteiger partial charge in [0.2, 0.25) is 5.88 Å². The van der Waals surface area contributed by atoms with E-state index >= 15 is 0 Å². The van der Waals surface area contributed by atoms with Crippen LogP contribution in [0.1, 0.15) is 44.7 Å². The molecule has 2 heterocycles. The van der Waals surface area contributed by atoms with Crippen LogP contribution in [0.15, 0.2) is 42.7 Å². The van der Waals surface area contributed by atoms with Crippen LogP contribution >= 0.6 is 0 Å². The minimum atomic E-state index is -4.51. The molecular weight excluding hydrogens is 429 g/mol. The zero-order valence-corrected chi connectivity index (χ0v) is 17.9. The van der Waals surface area contributed by atoms with Crippen molar-refractivity contribution in [3.63, 3.8) is 0 Å². The first-order valence-corrected chi connectivity index (χ1v) is 10.0. The topological polar surface area (TPSA) is 61.0 Å². The van der Waals surface area contributed by atoms with Crippen molar-refractivity contribution in [1.29, 1.82) is 0 Å². The van der Waals surface area contributed by atoms with Gasteiger partial charge in [-0.1, -0.05) is 13.0 Å². The molecule has 3 aromatic rings. The summed E-state index contributed by atoms with van der Waals surface area (Å²) in [5.74, 6) is -0.155. The summed E-state index contributed by atoms with van der Waals surface area (Å²) in [7, 11) is 0. The van der Waals surface area contributed by atoms with Crippen LogP contribution in [0.25, 0.3) is 22.0 Å². The van der Waals surface area contributed by atoms with E-state index in [1.54, 1.807) is 6.07 Å². The van der Waals surface area contributed by atoms with E-state index in [2.05, 4.69) is 9.97 Å². The number of hydrogen-bond donors (Lipinski definition) is 1. The minimum Gasteiger partial charge on any atom is -0.477 e. The highest BCUT2D eigenvalue weighted by atomic mass is 19.4. The number of hydrogen-bond acceptors (Lipinski definition) is 4. The minimum absolute atomic E-state index is 0.0222. The second kappa shape index (κ2) is 8.97. The van der Waals surface area contributed by atoms with Crippen molar-refractivity contribution in [1.82, 2.24) is 9.97 Å². The standard InChI is InChI=1S/C23H24F5N3O/c1-13(10-22(2,3)29)12-32-21-18(20(24)25)8-14(11-31-21)16-6-7-30-19-9-15(23(26,27)28)4-5-17(16)19/h4-9,11,13,20H,10,12,29H2,1-3H3. The van der Waals surface area contributed by atoms with Crippen molar-refractivity contribution < 1.29 is 26.7 Å². The summed E-state index contributed by atoms with van der Waals surface area (Å²) >= 11 is 0. The van der Waals surface area contributed by atoms with E-state index in [0.29, 0.717) is 22.9 Å². The first-order chi connectivity index (χ1) is 14.8. The molecule has 0 bridgehead atoms. The Morgan fingerprint density at radius 1 is 1.06 bits per heavy atom. The normalized spacial score (nSPS) is 13.6. The van der Waals surface area contributed by atoms with Gasteiger partial charge in [-0.3, -0.25) is 4.98 Å². The van der Waals surface area contributed by atoms with Crippen LogP contribution in [-0.4, -0.2) is 22.1 Å². The molecule has 2 aromatic heterocycles. The van der Waals surface area contributed by atoms with Crippen LogP contribution in [0, 0.1) is 5.92 Å². The van der Waals surface area contributed by atoms with Crippen molar-refractivity contribution in [2.24, 2.45) is 11.7 Å². The Kier molecular flexibility index (Phi) is 6.69. The maximum atomic E-state index is 13.7. The van der Waals surface area contributed by atoms with Gasteiger partial charge in [-0.15, -0.1) is 0 Å². The summed E-state index contributed by atoms with van der Waals surface area (Å²) in [5, 5.41) is 0.398. The third-order valence-electron chi connectivity index (χ3n) is 4.87. The predicted octanol–water partition coefficient (Wildman–Crippen LogP) is 6.40. The summed E-state index contributed by atoms with van der Waals surface area (Å²) in [4.78, 5) is 8.07. The highest BCUT2D eigenvalue weighted by Gasteiger charge is 2.30. The number of rotatable bonds is 7. The SMILES string of the molecule is CC(COc1ncc(-c2ccnc3cc(C(F)(F)F)ccc23)cc1C(F)F)CC(C)(C)N. The fourth-order valence-corrected chi connectivity index (χ4v) is 3.65. The van der Waals surface area contributed by atoms with E-state index < -0.39 is 29.3 Å². The van der Waals surface area contributed by atoms with Crippen molar-refractivity contribution >= 4 is 10.9 Å². The number of fused-ring (bicyclic) bond motifs is 1. The van der Waals surface area contributed by atoms with Crippen LogP contribution in [-0.2, 0) is 6.18 Å². The van der Waals surface area contributed by atoms with E-state index in [1.165, 1.54) is 24.5 Å². The van der Waals surface area contributed by atoms with E-state index in [0.717, 1.165) is 12.1 Å². The lowest BCUT2D eigenvalue weighted by atomic mass is 9.93. The molecule has 0 aliphatic heterocycles. The van der Waals surface area contributed by atoms with Crippen LogP contribution < -0.4 is 10.5 Å². The molecule has 0 aliphatic carbocycles. The van der Waals surface area contributed by atoms with E-state index in [9.17, 15) is 22.0 Å². The number of ether oxygens (including phenoxy) is 1. The second-order valence-corrected chi connectivity index (χ2v) is 8.62. The number of nitrogens with zero attached hydrogens (tertiary/aromatic N) is 2. The fourth-order valence-electron chi connectivity index (χ4n) is 3.65. The summed E-state index contributed by atoms with van der Waals surface area (Å²) < 4.78 is 72.0. The van der Waals surface area contributed by atoms with Gasteiger partial charge in [-0.2, -0.15) is 13.2 Å². The highest BCUT2D eigenvalue weighted by Crippen LogP contribution is 2.36. The lowest BCUT2D eigenvalue weighted by Crippen LogP contribution is -2.35. The molecule has 0 amide bonds. The average molecular weight is 453 g/mol. The Labute approximate surface area is 182 Å². The monoisotopic (exact) mass is 453 g/mol. The molecule has 9 heteroatoms. The smallest absolute Gasteiger partial charge is 0.416 e. The van der Waals surface area contributed by atoms with Gasteiger partial charge in [0.25, 0.3) is 6.43 Å². The lowest BCUT2D eigenvalue weighted by molar-refractivity contribution is -0.137. The zero-order chi connectivity index (χ0) is 23.7. The van der Waals surface area contributed by atoms with Gasteiger partial charge < -0.3 is 10.5 Å². The second-order valence-electron chi connectivity index (χ2n) is 8.62. The molecule has 0 saturated heterocycles. The van der Waals surface area contributed by atoms with Crippen molar-refractivity contribution in [2.75, 3.05) is 6.61 Å². The van der Waals surface area contributed by atoms with Crippen LogP contribution in [0.2, 0.25) is 0 Å². The molecule has 1 atom stereocenters. The molecule has 0 radical (unpaired) electrons. The van der Waals surface area contributed by atoms with E-state index in [4.69, 9.17) is 10.5 Å². The number of nitrogens with two attached hydrogens (primary N) is 1. The quantitative estimate of drug-likeness (QED) is 0.421. The average Bonchev–Trinajstić information content (AvgIpc) is 2.69. The van der Waals surface area contributed by atoms with E-state index in [-0.39, 0.29) is 23.9 Å². The number of pyridine rings is 2. The molecular formula is C23H24F5N3O. The lowest BCUT2D eigenvalue weighted by Gasteiger charge is -2.23. The molecule has 1 aromatic carbocycles. The molecule has 32 heavy (non-hydrogen) atoms. The highest BCUT2D eigenvalue weighted by molar-refractivity contribution is 5.94. The molecule has 1 unspecified atom stereocenters. The summed E-state index contributed by atoms with van der Waals surface area (Å²) in [6, 6.07) is 5.94. The van der Waals surface area contributed by atoms with Crippen molar-refractivity contribution in [3.05, 3.63) is 53.9 Å². The molecule has 4 nitrogen and oxygen atoms in total. The number of aromatic nitrogens is 2. The Balaban J connectivity index is 1.94. The summed E-state index contributed by atoms with van der Waals surface area (Å²) in [6.07, 6.45) is -4.02. The van der Waals surface area contributed by atoms with Gasteiger partial charge in [0.05, 0.1) is 23.3 Å². The summed E-state index contributed by atoms with van der Waals surface area (Å²) in [6.45, 7) is 5.82. The van der Waals surface area contributed by atoms with E-state index in [1.807, 2.05) is 20.8 Å². The van der Waals surface area contributed by atoms with Crippen molar-refractivity contribution in [3.8, 4) is 17.0 Å². The molecule has 3 rings (SSSR count). The number of benzene rings is 1. The molecule has 0 saturated carbocycles. The third-order valence-corrected chi connectivity index (χ3v) is 4.87. The van der Waals surface area contributed by atoms with Gasteiger partial charge in [0.1, 0.15) is 0 Å². The van der Waals surface area contributed by atoms with Gasteiger partial charge in [-0.05, 0) is 56.0 Å². The number of alkyl halides is 5. The van der Waals surface area contributed by atoms with Gasteiger partial charge >= 0.3 is 6.18 Å². The molecule has 0 fully saturated rings. The third kappa shape index (κ3) is 5.70. The largest absolute Gasteiger partial charge is 0.477 e. The Morgan fingerprint density at radius 2 is 1.78 bits per heavy atom. The van der Waals surface area contributed by atoms with Gasteiger partial charge in [-0.25, -0.2) is 13.8 Å². The fraction of sp³-hybridized carbons (Fsp3) is 0.391. The number of halogens is 5. The first kappa shape index (κ1) is 23.8. The molecule has 2 N–H and O–H groups in total. The van der Waals surface area contributed by atoms with Crippen LogP contribution in [0.3, 0.4) is 0 Å². The molecule has 0 aliphatic rings. The van der Waals surface area contributed by atoms with Gasteiger partial charge in [0, 0.05) is 28.9 Å². The Morgan fingerprint density at radius 3 is 2.41 bits per heavy atom. The predicted molar refractivity (Wildman–Crippen MR) is 112 cm³/mol. The van der Waals surface area contributed by atoms with Crippen molar-refractivity contribution in [2.45, 2.75) is 45.3 Å². The zero-order valence-electron chi connectivity index (χ0n) is 17.9. The van der Waals surface area contributed by atoms with Crippen LogP contribution in [0.5, 0.6) is 5.88 Å². The molecule has 172 valence electrons.